The van der Waals surface area contributed by atoms with Crippen LogP contribution in [0, 0.1) is 6.92 Å². The van der Waals surface area contributed by atoms with Gasteiger partial charge in [-0.3, -0.25) is 4.57 Å². The van der Waals surface area contributed by atoms with Crippen molar-refractivity contribution in [2.24, 2.45) is 0 Å². The van der Waals surface area contributed by atoms with Crippen molar-refractivity contribution in [2.45, 2.75) is 24.4 Å². The first-order chi connectivity index (χ1) is 13.6. The summed E-state index contributed by atoms with van der Waals surface area (Å²) in [5.41, 5.74) is 3.42. The average Bonchev–Trinajstić information content (AvgIpc) is 3.41. The highest BCUT2D eigenvalue weighted by molar-refractivity contribution is 9.10. The molecule has 0 unspecified atom stereocenters. The summed E-state index contributed by atoms with van der Waals surface area (Å²) in [5, 5.41) is 12.6. The van der Waals surface area contributed by atoms with Gasteiger partial charge in [0.2, 0.25) is 5.82 Å². The highest BCUT2D eigenvalue weighted by Crippen LogP contribution is 2.30. The quantitative estimate of drug-likeness (QED) is 0.236. The molecule has 0 amide bonds. The number of thiazole rings is 1. The van der Waals surface area contributed by atoms with Crippen LogP contribution in [-0.2, 0) is 12.3 Å². The predicted molar refractivity (Wildman–Crippen MR) is 117 cm³/mol. The van der Waals surface area contributed by atoms with Crippen LogP contribution >= 0.6 is 39.0 Å². The smallest absolute Gasteiger partial charge is 0.200 e. The number of aromatic nitrogens is 4. The van der Waals surface area contributed by atoms with Crippen LogP contribution < -0.4 is 0 Å². The largest absolute Gasteiger partial charge is 0.446 e. The number of nitrogens with zero attached hydrogens (tertiary/aromatic N) is 4. The fourth-order valence-electron chi connectivity index (χ4n) is 2.65. The van der Waals surface area contributed by atoms with Gasteiger partial charge in [0.1, 0.15) is 5.01 Å². The van der Waals surface area contributed by atoms with Crippen LogP contribution in [0.25, 0.3) is 22.2 Å². The molecule has 3 heterocycles. The van der Waals surface area contributed by atoms with E-state index in [1.54, 1.807) is 23.1 Å². The van der Waals surface area contributed by atoms with Crippen molar-refractivity contribution in [1.82, 2.24) is 19.7 Å². The zero-order valence-electron chi connectivity index (χ0n) is 15.1. The molecule has 0 fully saturated rings. The molecule has 5 nitrogen and oxygen atoms in total. The van der Waals surface area contributed by atoms with Gasteiger partial charge in [0.15, 0.2) is 15.6 Å². The van der Waals surface area contributed by atoms with Crippen LogP contribution in [0.2, 0.25) is 0 Å². The summed E-state index contributed by atoms with van der Waals surface area (Å²) in [6, 6.07) is 12.2. The highest BCUT2D eigenvalue weighted by atomic mass is 79.9. The third kappa shape index (κ3) is 4.14. The van der Waals surface area contributed by atoms with Gasteiger partial charge in [0.05, 0.1) is 5.69 Å². The molecular formula is C20H17BrN4OS2. The number of hydrogen-bond donors (Lipinski definition) is 0. The second-order valence-electron chi connectivity index (χ2n) is 6.11. The van der Waals surface area contributed by atoms with Crippen molar-refractivity contribution in [3.8, 4) is 22.2 Å². The van der Waals surface area contributed by atoms with Gasteiger partial charge < -0.3 is 4.42 Å². The third-order valence-corrected chi connectivity index (χ3v) is 6.39. The molecule has 0 aliphatic rings. The van der Waals surface area contributed by atoms with Crippen LogP contribution in [0.5, 0.6) is 0 Å². The summed E-state index contributed by atoms with van der Waals surface area (Å²) >= 11 is 6.59. The molecule has 4 rings (SSSR count). The van der Waals surface area contributed by atoms with E-state index in [4.69, 9.17) is 9.40 Å². The maximum atomic E-state index is 5.63. The molecule has 28 heavy (non-hydrogen) atoms. The van der Waals surface area contributed by atoms with E-state index in [0.29, 0.717) is 22.8 Å². The van der Waals surface area contributed by atoms with Crippen molar-refractivity contribution < 1.29 is 4.42 Å². The lowest BCUT2D eigenvalue weighted by molar-refractivity contribution is 0.545. The molecule has 0 aliphatic carbocycles. The lowest BCUT2D eigenvalue weighted by atomic mass is 10.2. The van der Waals surface area contributed by atoms with E-state index in [2.05, 4.69) is 69.3 Å². The number of aryl methyl sites for hydroxylation is 1. The Kier molecular flexibility index (Phi) is 5.79. The molecule has 0 bridgehead atoms. The lowest BCUT2D eigenvalue weighted by Crippen LogP contribution is -2.00. The minimum atomic E-state index is 0.606. The molecule has 0 spiro atoms. The Morgan fingerprint density at radius 1 is 1.21 bits per heavy atom. The first kappa shape index (κ1) is 19.2. The van der Waals surface area contributed by atoms with E-state index in [-0.39, 0.29) is 0 Å². The molecule has 0 aliphatic heterocycles. The molecule has 8 heteroatoms. The first-order valence-corrected chi connectivity index (χ1v) is 11.2. The minimum absolute atomic E-state index is 0.606. The van der Waals surface area contributed by atoms with Crippen LogP contribution in [0.1, 0.15) is 11.3 Å². The molecule has 0 radical (unpaired) electrons. The van der Waals surface area contributed by atoms with E-state index in [9.17, 15) is 0 Å². The maximum absolute atomic E-state index is 5.63. The van der Waals surface area contributed by atoms with Crippen LogP contribution in [0.3, 0.4) is 0 Å². The normalized spacial score (nSPS) is 11.1. The number of furan rings is 1. The Bertz CT molecular complexity index is 1100. The van der Waals surface area contributed by atoms with E-state index < -0.39 is 0 Å². The van der Waals surface area contributed by atoms with Gasteiger partial charge >= 0.3 is 0 Å². The van der Waals surface area contributed by atoms with Gasteiger partial charge in [-0.05, 0) is 35.0 Å². The fourth-order valence-corrected chi connectivity index (χ4v) is 4.72. The van der Waals surface area contributed by atoms with Crippen molar-refractivity contribution in [2.75, 3.05) is 0 Å². The maximum Gasteiger partial charge on any atom is 0.200 e. The van der Waals surface area contributed by atoms with Gasteiger partial charge in [-0.15, -0.1) is 28.1 Å². The number of thioether (sulfide) groups is 1. The average molecular weight is 473 g/mol. The van der Waals surface area contributed by atoms with Crippen molar-refractivity contribution in [3.05, 3.63) is 70.4 Å². The summed E-state index contributed by atoms with van der Waals surface area (Å²) < 4.78 is 8.29. The highest BCUT2D eigenvalue weighted by Gasteiger charge is 2.17. The number of benzene rings is 1. The van der Waals surface area contributed by atoms with Crippen molar-refractivity contribution >= 4 is 39.0 Å². The van der Waals surface area contributed by atoms with E-state index >= 15 is 0 Å². The standard InChI is InChI=1S/C20H17BrN4OS2/c1-3-10-25-18(16-8-9-17(21)26-16)23-24-20(25)28-12-15-11-27-19(22-15)14-6-4-13(2)5-7-14/h3-9,11H,1,10,12H2,2H3. The summed E-state index contributed by atoms with van der Waals surface area (Å²) in [6.07, 6.45) is 1.83. The zero-order chi connectivity index (χ0) is 19.5. The zero-order valence-corrected chi connectivity index (χ0v) is 18.4. The Morgan fingerprint density at radius 3 is 2.75 bits per heavy atom. The molecule has 4 aromatic rings. The molecule has 0 saturated carbocycles. The minimum Gasteiger partial charge on any atom is -0.446 e. The van der Waals surface area contributed by atoms with Crippen molar-refractivity contribution in [3.63, 3.8) is 0 Å². The fraction of sp³-hybridized carbons (Fsp3) is 0.150. The third-order valence-electron chi connectivity index (χ3n) is 4.02. The summed E-state index contributed by atoms with van der Waals surface area (Å²) in [7, 11) is 0. The Labute approximate surface area is 179 Å². The van der Waals surface area contributed by atoms with Gasteiger partial charge in [-0.1, -0.05) is 47.7 Å². The molecular weight excluding hydrogens is 456 g/mol. The number of hydrogen-bond acceptors (Lipinski definition) is 6. The molecule has 0 saturated heterocycles. The number of allylic oxidation sites excluding steroid dienone is 1. The van der Waals surface area contributed by atoms with Gasteiger partial charge in [-0.25, -0.2) is 4.98 Å². The van der Waals surface area contributed by atoms with Crippen molar-refractivity contribution in [1.29, 1.82) is 0 Å². The molecule has 0 atom stereocenters. The first-order valence-electron chi connectivity index (χ1n) is 8.58. The van der Waals surface area contributed by atoms with Crippen LogP contribution in [-0.4, -0.2) is 19.7 Å². The SMILES string of the molecule is C=CCn1c(SCc2csc(-c3ccc(C)cc3)n2)nnc1-c1ccc(Br)o1. The van der Waals surface area contributed by atoms with E-state index in [1.807, 2.05) is 22.8 Å². The molecule has 0 N–H and O–H groups in total. The summed E-state index contributed by atoms with van der Waals surface area (Å²) in [6.45, 7) is 6.53. The Hall–Kier alpha value is -2.16. The Morgan fingerprint density at radius 2 is 2.04 bits per heavy atom. The van der Waals surface area contributed by atoms with Crippen LogP contribution in [0.4, 0.5) is 0 Å². The summed E-state index contributed by atoms with van der Waals surface area (Å²) in [5.74, 6) is 2.08. The van der Waals surface area contributed by atoms with E-state index in [0.717, 1.165) is 27.2 Å². The Balaban J connectivity index is 1.51. The molecule has 3 aromatic heterocycles. The van der Waals surface area contributed by atoms with Crippen LogP contribution in [0.15, 0.2) is 68.7 Å². The summed E-state index contributed by atoms with van der Waals surface area (Å²) in [4.78, 5) is 4.76. The van der Waals surface area contributed by atoms with Gasteiger partial charge in [0, 0.05) is 23.2 Å². The van der Waals surface area contributed by atoms with E-state index in [1.165, 1.54) is 5.56 Å². The monoisotopic (exact) mass is 472 g/mol. The molecule has 142 valence electrons. The topological polar surface area (TPSA) is 56.7 Å². The second-order valence-corrected chi connectivity index (χ2v) is 8.69. The van der Waals surface area contributed by atoms with Gasteiger partial charge in [0.25, 0.3) is 0 Å². The van der Waals surface area contributed by atoms with Gasteiger partial charge in [-0.2, -0.15) is 0 Å². The second kappa shape index (κ2) is 8.46. The number of halogens is 1. The predicted octanol–water partition coefficient (Wildman–Crippen LogP) is 6.21. The number of rotatable bonds is 7. The lowest BCUT2D eigenvalue weighted by Gasteiger charge is -2.05. The molecule has 1 aromatic carbocycles.